The Balaban J connectivity index is 2.37. The Bertz CT molecular complexity index is 993. The van der Waals surface area contributed by atoms with E-state index in [-0.39, 0.29) is 0 Å². The second-order valence-corrected chi connectivity index (χ2v) is 7.17. The fourth-order valence-electron chi connectivity index (χ4n) is 4.02. The van der Waals surface area contributed by atoms with Crippen molar-refractivity contribution >= 4 is 16.8 Å². The van der Waals surface area contributed by atoms with Crippen LogP contribution in [0.4, 0.5) is 5.69 Å². The molecule has 4 nitrogen and oxygen atoms in total. The third-order valence-electron chi connectivity index (χ3n) is 5.74. The van der Waals surface area contributed by atoms with Gasteiger partial charge in [0.1, 0.15) is 24.3 Å². The number of rotatable bonds is 7. The van der Waals surface area contributed by atoms with Gasteiger partial charge in [0.15, 0.2) is 11.3 Å². The van der Waals surface area contributed by atoms with Crippen molar-refractivity contribution in [3.63, 3.8) is 0 Å². The van der Waals surface area contributed by atoms with E-state index in [1.165, 1.54) is 22.2 Å². The molecular weight excluding hydrogens is 346 g/mol. The lowest BCUT2D eigenvalue weighted by Gasteiger charge is -2.22. The highest BCUT2D eigenvalue weighted by Gasteiger charge is 2.19. The standard InChI is InChI=1S/C24H34N3O/c1-7-17-13-19(26(9-3)10-4)15-21-23(17)25-24-18(8-2)14-20(16-22(24)28-21)27(11-5)12-6/h13-16H,7-12H2,1-6H3/q+1. The zero-order chi connectivity index (χ0) is 20.3. The summed E-state index contributed by atoms with van der Waals surface area (Å²) in [5, 5.41) is 1.22. The van der Waals surface area contributed by atoms with Crippen LogP contribution in [0.25, 0.3) is 22.6 Å². The molecule has 0 radical (unpaired) electrons. The maximum Gasteiger partial charge on any atom is 0.204 e. The van der Waals surface area contributed by atoms with Gasteiger partial charge in [-0.15, -0.1) is 0 Å². The van der Waals surface area contributed by atoms with Gasteiger partial charge in [-0.3, -0.25) is 0 Å². The van der Waals surface area contributed by atoms with Gasteiger partial charge in [0.25, 0.3) is 0 Å². The van der Waals surface area contributed by atoms with Crippen LogP contribution >= 0.6 is 0 Å². The largest absolute Gasteiger partial charge is 0.452 e. The predicted octanol–water partition coefficient (Wildman–Crippen LogP) is 4.72. The SMILES string of the molecule is CCc1cc(=[N+](CC)CC)cc2oc3cc(N(CC)CC)cc(CC)c3nc1-2. The molecular formula is C24H34N3O+. The second kappa shape index (κ2) is 8.76. The topological polar surface area (TPSA) is 32.3 Å². The van der Waals surface area contributed by atoms with Crippen molar-refractivity contribution in [2.24, 2.45) is 0 Å². The molecule has 0 amide bonds. The minimum atomic E-state index is 0.882. The van der Waals surface area contributed by atoms with Crippen LogP contribution in [-0.4, -0.2) is 31.2 Å². The van der Waals surface area contributed by atoms with Crippen LogP contribution in [0.1, 0.15) is 52.7 Å². The van der Waals surface area contributed by atoms with Crippen molar-refractivity contribution in [1.29, 1.82) is 0 Å². The lowest BCUT2D eigenvalue weighted by atomic mass is 10.0. The lowest BCUT2D eigenvalue weighted by Crippen LogP contribution is -2.30. The van der Waals surface area contributed by atoms with Gasteiger partial charge in [0.05, 0.1) is 6.07 Å². The third-order valence-corrected chi connectivity index (χ3v) is 5.74. The van der Waals surface area contributed by atoms with Crippen LogP contribution in [0.3, 0.4) is 0 Å². The smallest absolute Gasteiger partial charge is 0.204 e. The average molecular weight is 381 g/mol. The molecule has 0 fully saturated rings. The van der Waals surface area contributed by atoms with Crippen LogP contribution in [-0.2, 0) is 12.8 Å². The van der Waals surface area contributed by atoms with Gasteiger partial charge in [-0.25, -0.2) is 9.56 Å². The highest BCUT2D eigenvalue weighted by Crippen LogP contribution is 2.32. The number of fused-ring (bicyclic) bond motifs is 2. The summed E-state index contributed by atoms with van der Waals surface area (Å²) in [7, 11) is 0. The first-order valence-electron chi connectivity index (χ1n) is 10.8. The van der Waals surface area contributed by atoms with Crippen molar-refractivity contribution in [2.75, 3.05) is 31.1 Å². The molecule has 0 saturated carbocycles. The first-order chi connectivity index (χ1) is 13.6. The van der Waals surface area contributed by atoms with Crippen molar-refractivity contribution in [2.45, 2.75) is 54.4 Å². The van der Waals surface area contributed by atoms with Gasteiger partial charge in [-0.2, -0.15) is 0 Å². The number of hydrogen-bond acceptors (Lipinski definition) is 3. The summed E-state index contributed by atoms with van der Waals surface area (Å²) in [4.78, 5) is 7.46. The van der Waals surface area contributed by atoms with E-state index in [2.05, 4.69) is 75.3 Å². The van der Waals surface area contributed by atoms with E-state index < -0.39 is 0 Å². The van der Waals surface area contributed by atoms with Gasteiger partial charge < -0.3 is 9.32 Å². The molecule has 0 spiro atoms. The molecule has 0 unspecified atom stereocenters. The summed E-state index contributed by atoms with van der Waals surface area (Å²) in [6, 6.07) is 8.87. The van der Waals surface area contributed by atoms with Crippen molar-refractivity contribution < 1.29 is 4.42 Å². The molecule has 2 aliphatic rings. The zero-order valence-corrected chi connectivity index (χ0v) is 18.3. The third kappa shape index (κ3) is 3.65. The number of aryl methyl sites for hydroxylation is 2. The minimum Gasteiger partial charge on any atom is -0.452 e. The minimum absolute atomic E-state index is 0.882. The van der Waals surface area contributed by atoms with Gasteiger partial charge in [-0.05, 0) is 57.7 Å². The number of aromatic nitrogens is 1. The van der Waals surface area contributed by atoms with Gasteiger partial charge in [-0.1, -0.05) is 13.8 Å². The van der Waals surface area contributed by atoms with E-state index in [4.69, 9.17) is 9.40 Å². The maximum absolute atomic E-state index is 6.47. The Morgan fingerprint density at radius 2 is 1.54 bits per heavy atom. The molecule has 1 aliphatic carbocycles. The Morgan fingerprint density at radius 3 is 2.11 bits per heavy atom. The number of nitrogens with zero attached hydrogens (tertiary/aromatic N) is 3. The molecule has 0 atom stereocenters. The first kappa shape index (κ1) is 20.4. The average Bonchev–Trinajstić information content (AvgIpc) is 2.73. The van der Waals surface area contributed by atoms with Crippen LogP contribution in [0.2, 0.25) is 0 Å². The van der Waals surface area contributed by atoms with E-state index in [1.807, 2.05) is 0 Å². The molecule has 4 heteroatoms. The first-order valence-corrected chi connectivity index (χ1v) is 10.8. The maximum atomic E-state index is 6.47. The summed E-state index contributed by atoms with van der Waals surface area (Å²) >= 11 is 0. The molecule has 1 aromatic rings. The number of benzene rings is 2. The fourth-order valence-corrected chi connectivity index (χ4v) is 4.02. The molecule has 0 N–H and O–H groups in total. The lowest BCUT2D eigenvalue weighted by molar-refractivity contribution is 0.597. The molecule has 28 heavy (non-hydrogen) atoms. The van der Waals surface area contributed by atoms with E-state index in [1.54, 1.807) is 0 Å². The van der Waals surface area contributed by atoms with E-state index >= 15 is 0 Å². The van der Waals surface area contributed by atoms with E-state index in [0.717, 1.165) is 61.6 Å². The number of anilines is 1. The molecule has 1 aromatic carbocycles. The Kier molecular flexibility index (Phi) is 6.38. The molecule has 0 saturated heterocycles. The summed E-state index contributed by atoms with van der Waals surface area (Å²) in [6.45, 7) is 17.1. The van der Waals surface area contributed by atoms with Gasteiger partial charge in [0.2, 0.25) is 5.36 Å². The summed E-state index contributed by atoms with van der Waals surface area (Å²) in [5.41, 5.74) is 6.59. The molecule has 150 valence electrons. The highest BCUT2D eigenvalue weighted by atomic mass is 16.3. The van der Waals surface area contributed by atoms with E-state index in [9.17, 15) is 0 Å². The summed E-state index contributed by atoms with van der Waals surface area (Å²) in [5.74, 6) is 0.882. The normalized spacial score (nSPS) is 11.4. The Labute approximate surface area is 168 Å². The van der Waals surface area contributed by atoms with Gasteiger partial charge in [0, 0.05) is 30.9 Å². The molecule has 1 heterocycles. The quantitative estimate of drug-likeness (QED) is 0.439. The highest BCUT2D eigenvalue weighted by molar-refractivity contribution is 5.84. The predicted molar refractivity (Wildman–Crippen MR) is 119 cm³/mol. The fraction of sp³-hybridized carbons (Fsp3) is 0.500. The molecule has 0 bridgehead atoms. The molecule has 1 aliphatic heterocycles. The molecule has 3 rings (SSSR count). The van der Waals surface area contributed by atoms with Crippen molar-refractivity contribution in [3.8, 4) is 11.5 Å². The molecule has 0 aromatic heterocycles. The van der Waals surface area contributed by atoms with E-state index in [0.29, 0.717) is 0 Å². The van der Waals surface area contributed by atoms with Crippen molar-refractivity contribution in [3.05, 3.63) is 40.7 Å². The van der Waals surface area contributed by atoms with Crippen LogP contribution in [0.15, 0.2) is 28.7 Å². The van der Waals surface area contributed by atoms with Gasteiger partial charge >= 0.3 is 0 Å². The van der Waals surface area contributed by atoms with Crippen LogP contribution in [0.5, 0.6) is 0 Å². The Morgan fingerprint density at radius 1 is 0.857 bits per heavy atom. The van der Waals surface area contributed by atoms with Crippen molar-refractivity contribution in [1.82, 2.24) is 9.56 Å². The summed E-state index contributed by atoms with van der Waals surface area (Å²) < 4.78 is 8.84. The monoisotopic (exact) mass is 380 g/mol. The summed E-state index contributed by atoms with van der Waals surface area (Å²) in [6.07, 6.45) is 1.89. The number of hydrogen-bond donors (Lipinski definition) is 0. The second-order valence-electron chi connectivity index (χ2n) is 7.17. The van der Waals surface area contributed by atoms with Crippen LogP contribution in [0, 0.1) is 0 Å². The Hall–Kier alpha value is -2.36. The zero-order valence-electron chi connectivity index (χ0n) is 18.3. The van der Waals surface area contributed by atoms with Crippen LogP contribution < -0.4 is 14.8 Å².